The molecule has 0 aliphatic heterocycles. The van der Waals surface area contributed by atoms with Crippen LogP contribution in [-0.4, -0.2) is 19.4 Å². The van der Waals surface area contributed by atoms with Gasteiger partial charge in [-0.2, -0.15) is 0 Å². The van der Waals surface area contributed by atoms with E-state index in [2.05, 4.69) is 4.74 Å². The van der Waals surface area contributed by atoms with Gasteiger partial charge in [-0.25, -0.2) is 4.79 Å². The zero-order chi connectivity index (χ0) is 11.3. The number of carbonyl (C=O) groups excluding carboxylic acids is 2. The topological polar surface area (TPSA) is 56.5 Å². The van der Waals surface area contributed by atoms with E-state index in [0.717, 1.165) is 6.29 Å². The fourth-order valence-electron chi connectivity index (χ4n) is 1.04. The Morgan fingerprint density at radius 2 is 2.27 bits per heavy atom. The van der Waals surface area contributed by atoms with Crippen LogP contribution in [0.2, 0.25) is 0 Å². The maximum atomic E-state index is 11.0. The lowest BCUT2D eigenvalue weighted by molar-refractivity contribution is -0.104. The standard InChI is InChI=1S/C11H12O4/c1-3-8(7-12)6-9-4-5-10(15-9)11(13)14-2/h4-7H,3H2,1-2H3. The van der Waals surface area contributed by atoms with Gasteiger partial charge in [0, 0.05) is 0 Å². The molecule has 1 heterocycles. The molecule has 0 bridgehead atoms. The van der Waals surface area contributed by atoms with Gasteiger partial charge in [-0.15, -0.1) is 0 Å². The van der Waals surface area contributed by atoms with Crippen molar-refractivity contribution in [3.8, 4) is 0 Å². The van der Waals surface area contributed by atoms with E-state index < -0.39 is 5.97 Å². The second kappa shape index (κ2) is 5.14. The largest absolute Gasteiger partial charge is 0.463 e. The number of hydrogen-bond acceptors (Lipinski definition) is 4. The number of esters is 1. The molecule has 0 radical (unpaired) electrons. The van der Waals surface area contributed by atoms with Crippen LogP contribution in [0.4, 0.5) is 0 Å². The summed E-state index contributed by atoms with van der Waals surface area (Å²) in [6, 6.07) is 3.13. The quantitative estimate of drug-likeness (QED) is 0.431. The smallest absolute Gasteiger partial charge is 0.373 e. The summed E-state index contributed by atoms with van der Waals surface area (Å²) in [5.41, 5.74) is 0.612. The molecule has 0 spiro atoms. The number of ether oxygens (including phenoxy) is 1. The van der Waals surface area contributed by atoms with Crippen molar-refractivity contribution in [1.82, 2.24) is 0 Å². The lowest BCUT2D eigenvalue weighted by atomic mass is 10.2. The summed E-state index contributed by atoms with van der Waals surface area (Å²) in [5, 5.41) is 0. The third kappa shape index (κ3) is 2.80. The van der Waals surface area contributed by atoms with Crippen LogP contribution in [0.1, 0.15) is 29.7 Å². The van der Waals surface area contributed by atoms with Crippen molar-refractivity contribution in [1.29, 1.82) is 0 Å². The molecule has 0 atom stereocenters. The van der Waals surface area contributed by atoms with Crippen LogP contribution in [0, 0.1) is 0 Å². The van der Waals surface area contributed by atoms with Gasteiger partial charge in [-0.3, -0.25) is 4.79 Å². The zero-order valence-corrected chi connectivity index (χ0v) is 8.65. The summed E-state index contributed by atoms with van der Waals surface area (Å²) in [6.45, 7) is 1.87. The highest BCUT2D eigenvalue weighted by molar-refractivity contribution is 5.87. The molecule has 15 heavy (non-hydrogen) atoms. The summed E-state index contributed by atoms with van der Waals surface area (Å²) in [5.74, 6) is 0.0725. The maximum absolute atomic E-state index is 11.0. The first-order chi connectivity index (χ1) is 7.21. The van der Waals surface area contributed by atoms with E-state index in [4.69, 9.17) is 4.42 Å². The predicted molar refractivity (Wildman–Crippen MR) is 54.4 cm³/mol. The molecule has 1 rings (SSSR count). The van der Waals surface area contributed by atoms with E-state index in [1.165, 1.54) is 13.2 Å². The molecule has 0 unspecified atom stereocenters. The summed E-state index contributed by atoms with van der Waals surface area (Å²) in [4.78, 5) is 21.6. The number of methoxy groups -OCH3 is 1. The number of hydrogen-bond donors (Lipinski definition) is 0. The zero-order valence-electron chi connectivity index (χ0n) is 8.65. The molecule has 0 aliphatic carbocycles. The first kappa shape index (κ1) is 11.2. The number of allylic oxidation sites excluding steroid dienone is 1. The van der Waals surface area contributed by atoms with Gasteiger partial charge in [0.05, 0.1) is 7.11 Å². The van der Waals surface area contributed by atoms with Crippen molar-refractivity contribution >= 4 is 18.3 Å². The molecule has 0 aliphatic rings. The van der Waals surface area contributed by atoms with Crippen LogP contribution in [0.5, 0.6) is 0 Å². The molecule has 0 aromatic carbocycles. The van der Waals surface area contributed by atoms with Crippen LogP contribution in [0.3, 0.4) is 0 Å². The van der Waals surface area contributed by atoms with E-state index in [1.807, 2.05) is 6.92 Å². The minimum atomic E-state index is -0.529. The Morgan fingerprint density at radius 1 is 1.53 bits per heavy atom. The van der Waals surface area contributed by atoms with Crippen molar-refractivity contribution in [2.24, 2.45) is 0 Å². The first-order valence-corrected chi connectivity index (χ1v) is 4.55. The maximum Gasteiger partial charge on any atom is 0.373 e. The minimum absolute atomic E-state index is 0.130. The SMILES string of the molecule is CCC(C=O)=Cc1ccc(C(=O)OC)o1. The average Bonchev–Trinajstić information content (AvgIpc) is 2.73. The molecule has 0 fully saturated rings. The molecule has 80 valence electrons. The van der Waals surface area contributed by atoms with E-state index in [9.17, 15) is 9.59 Å². The third-order valence-electron chi connectivity index (χ3n) is 1.90. The average molecular weight is 208 g/mol. The Morgan fingerprint density at radius 3 is 2.80 bits per heavy atom. The van der Waals surface area contributed by atoms with E-state index in [0.29, 0.717) is 17.8 Å². The molecule has 4 nitrogen and oxygen atoms in total. The number of carbonyl (C=O) groups is 2. The van der Waals surface area contributed by atoms with Crippen LogP contribution in [0.15, 0.2) is 22.1 Å². The monoisotopic (exact) mass is 208 g/mol. The Hall–Kier alpha value is -1.84. The van der Waals surface area contributed by atoms with Crippen LogP contribution < -0.4 is 0 Å². The van der Waals surface area contributed by atoms with Crippen LogP contribution in [-0.2, 0) is 9.53 Å². The molecule has 0 amide bonds. The van der Waals surface area contributed by atoms with Crippen LogP contribution in [0.25, 0.3) is 6.08 Å². The van der Waals surface area contributed by atoms with Crippen molar-refractivity contribution in [2.45, 2.75) is 13.3 Å². The second-order valence-corrected chi connectivity index (χ2v) is 2.88. The summed E-state index contributed by atoms with van der Waals surface area (Å²) in [7, 11) is 1.28. The lowest BCUT2D eigenvalue weighted by Gasteiger charge is -1.93. The van der Waals surface area contributed by atoms with Crippen molar-refractivity contribution < 1.29 is 18.7 Å². The minimum Gasteiger partial charge on any atom is -0.463 e. The fourth-order valence-corrected chi connectivity index (χ4v) is 1.04. The molecular weight excluding hydrogens is 196 g/mol. The second-order valence-electron chi connectivity index (χ2n) is 2.88. The van der Waals surface area contributed by atoms with Gasteiger partial charge >= 0.3 is 5.97 Å². The molecule has 0 saturated carbocycles. The van der Waals surface area contributed by atoms with Crippen LogP contribution >= 0.6 is 0 Å². The van der Waals surface area contributed by atoms with E-state index in [1.54, 1.807) is 12.1 Å². The van der Waals surface area contributed by atoms with Gasteiger partial charge in [0.25, 0.3) is 0 Å². The summed E-state index contributed by atoms with van der Waals surface area (Å²) < 4.78 is 9.64. The molecule has 1 aromatic heterocycles. The molecule has 0 N–H and O–H groups in total. The van der Waals surface area contributed by atoms with Crippen molar-refractivity contribution in [3.63, 3.8) is 0 Å². The van der Waals surface area contributed by atoms with Gasteiger partial charge in [0.2, 0.25) is 5.76 Å². The summed E-state index contributed by atoms with van der Waals surface area (Å²) >= 11 is 0. The Kier molecular flexibility index (Phi) is 3.85. The number of rotatable bonds is 4. The first-order valence-electron chi connectivity index (χ1n) is 4.55. The van der Waals surface area contributed by atoms with Gasteiger partial charge in [-0.05, 0) is 30.2 Å². The van der Waals surface area contributed by atoms with Crippen molar-refractivity contribution in [2.75, 3.05) is 7.11 Å². The lowest BCUT2D eigenvalue weighted by Crippen LogP contribution is -1.98. The number of furan rings is 1. The number of aldehydes is 1. The van der Waals surface area contributed by atoms with Gasteiger partial charge in [0.15, 0.2) is 0 Å². The molecular formula is C11H12O4. The highest BCUT2D eigenvalue weighted by Gasteiger charge is 2.09. The predicted octanol–water partition coefficient (Wildman–Crippen LogP) is 2.06. The van der Waals surface area contributed by atoms with Gasteiger partial charge in [0.1, 0.15) is 12.0 Å². The van der Waals surface area contributed by atoms with Gasteiger partial charge < -0.3 is 9.15 Å². The van der Waals surface area contributed by atoms with E-state index in [-0.39, 0.29) is 5.76 Å². The Labute approximate surface area is 87.5 Å². The third-order valence-corrected chi connectivity index (χ3v) is 1.90. The Balaban J connectivity index is 2.89. The molecule has 0 saturated heterocycles. The highest BCUT2D eigenvalue weighted by atomic mass is 16.5. The van der Waals surface area contributed by atoms with E-state index >= 15 is 0 Å². The summed E-state index contributed by atoms with van der Waals surface area (Å²) in [6.07, 6.45) is 2.98. The van der Waals surface area contributed by atoms with Gasteiger partial charge in [-0.1, -0.05) is 6.92 Å². The normalized spacial score (nSPS) is 11.2. The highest BCUT2D eigenvalue weighted by Crippen LogP contribution is 2.13. The molecule has 1 aromatic rings. The van der Waals surface area contributed by atoms with Crippen molar-refractivity contribution in [3.05, 3.63) is 29.2 Å². The molecule has 4 heteroatoms. The fraction of sp³-hybridized carbons (Fsp3) is 0.273. The Bertz CT molecular complexity index is 387.